The fourth-order valence-electron chi connectivity index (χ4n) is 2.68. The number of carbonyl (C=O) groups is 1. The lowest BCUT2D eigenvalue weighted by Gasteiger charge is -2.26. The van der Waals surface area contributed by atoms with Crippen molar-refractivity contribution in [3.63, 3.8) is 0 Å². The fraction of sp³-hybridized carbons (Fsp3) is 0.500. The molecule has 98 valence electrons. The molecule has 2 unspecified atom stereocenters. The van der Waals surface area contributed by atoms with Gasteiger partial charge in [0, 0.05) is 35.1 Å². The van der Waals surface area contributed by atoms with Gasteiger partial charge in [-0.15, -0.1) is 0 Å². The van der Waals surface area contributed by atoms with Gasteiger partial charge in [-0.1, -0.05) is 15.9 Å². The first-order valence-corrected chi connectivity index (χ1v) is 7.06. The number of halogens is 1. The van der Waals surface area contributed by atoms with Crippen LogP contribution in [0.2, 0.25) is 0 Å². The van der Waals surface area contributed by atoms with E-state index in [1.54, 1.807) is 0 Å². The molecular weight excluding hydrogens is 292 g/mol. The Morgan fingerprint density at radius 2 is 2.22 bits per heavy atom. The molecule has 0 spiro atoms. The van der Waals surface area contributed by atoms with Crippen molar-refractivity contribution in [3.05, 3.63) is 28.2 Å². The fourth-order valence-corrected chi connectivity index (χ4v) is 3.15. The molecule has 0 aliphatic carbocycles. The van der Waals surface area contributed by atoms with E-state index < -0.39 is 0 Å². The summed E-state index contributed by atoms with van der Waals surface area (Å²) in [4.78, 5) is 14.1. The second-order valence-corrected chi connectivity index (χ2v) is 5.87. The molecule has 1 aliphatic rings. The molecule has 3 nitrogen and oxygen atoms in total. The first kappa shape index (κ1) is 13.6. The van der Waals surface area contributed by atoms with E-state index in [9.17, 15) is 4.79 Å². The average molecular weight is 311 g/mol. The molecule has 1 N–H and O–H groups in total. The molecule has 4 heteroatoms. The summed E-state index contributed by atoms with van der Waals surface area (Å²) in [5.74, 6) is 0.624. The number of nitrogens with one attached hydrogen (secondary N) is 1. The van der Waals surface area contributed by atoms with Crippen molar-refractivity contribution in [2.75, 3.05) is 18.5 Å². The summed E-state index contributed by atoms with van der Waals surface area (Å²) in [7, 11) is 1.94. The Morgan fingerprint density at radius 1 is 1.50 bits per heavy atom. The molecular formula is C14H19BrN2O. The van der Waals surface area contributed by atoms with Crippen LogP contribution in [0.15, 0.2) is 22.7 Å². The van der Waals surface area contributed by atoms with Crippen LogP contribution < -0.4 is 10.2 Å². The minimum Gasteiger partial charge on any atom is -0.319 e. The van der Waals surface area contributed by atoms with Crippen LogP contribution in [-0.4, -0.2) is 25.5 Å². The van der Waals surface area contributed by atoms with Crippen LogP contribution in [0.1, 0.15) is 18.9 Å². The highest BCUT2D eigenvalue weighted by molar-refractivity contribution is 9.10. The number of amides is 1. The maximum Gasteiger partial charge on any atom is 0.227 e. The zero-order valence-electron chi connectivity index (χ0n) is 11.0. The number of nitrogens with zero attached hydrogens (tertiary/aromatic N) is 1. The quantitative estimate of drug-likeness (QED) is 0.931. The minimum absolute atomic E-state index is 0.230. The predicted octanol–water partition coefficient (Wildman–Crippen LogP) is 2.72. The van der Waals surface area contributed by atoms with Crippen LogP contribution in [0.5, 0.6) is 0 Å². The van der Waals surface area contributed by atoms with E-state index in [2.05, 4.69) is 34.2 Å². The Morgan fingerprint density at radius 3 is 2.83 bits per heavy atom. The number of rotatable bonds is 3. The largest absolute Gasteiger partial charge is 0.319 e. The Balaban J connectivity index is 2.30. The van der Waals surface area contributed by atoms with E-state index in [0.717, 1.165) is 22.3 Å². The molecule has 0 saturated carbocycles. The van der Waals surface area contributed by atoms with Crippen molar-refractivity contribution < 1.29 is 4.79 Å². The van der Waals surface area contributed by atoms with Gasteiger partial charge in [0.2, 0.25) is 5.91 Å². The second kappa shape index (κ2) is 5.41. The number of carbonyl (C=O) groups excluding carboxylic acids is 1. The summed E-state index contributed by atoms with van der Waals surface area (Å²) in [5, 5.41) is 3.17. The normalized spacial score (nSPS) is 23.8. The van der Waals surface area contributed by atoms with Gasteiger partial charge >= 0.3 is 0 Å². The van der Waals surface area contributed by atoms with Crippen molar-refractivity contribution in [3.8, 4) is 0 Å². The van der Waals surface area contributed by atoms with Crippen LogP contribution in [0.25, 0.3) is 0 Å². The number of hydrogen-bond donors (Lipinski definition) is 1. The second-order valence-electron chi connectivity index (χ2n) is 4.96. The standard InChI is InChI=1S/C14H19BrN2O/c1-9-6-12(15)4-5-13(9)17-10(2)11(8-16-3)7-14(17)18/h4-6,10-11,16H,7-8H2,1-3H3. The molecule has 1 fully saturated rings. The van der Waals surface area contributed by atoms with Crippen molar-refractivity contribution in [2.45, 2.75) is 26.3 Å². The molecule has 0 aromatic heterocycles. The van der Waals surface area contributed by atoms with Crippen molar-refractivity contribution >= 4 is 27.5 Å². The Labute approximate surface area is 117 Å². The summed E-state index contributed by atoms with van der Waals surface area (Å²) in [5.41, 5.74) is 2.17. The SMILES string of the molecule is CNCC1CC(=O)N(c2ccc(Br)cc2C)C1C. The third-order valence-electron chi connectivity index (χ3n) is 3.68. The van der Waals surface area contributed by atoms with Gasteiger partial charge in [-0.05, 0) is 44.7 Å². The van der Waals surface area contributed by atoms with Gasteiger partial charge in [0.1, 0.15) is 0 Å². The summed E-state index contributed by atoms with van der Waals surface area (Å²) in [6.45, 7) is 5.07. The monoisotopic (exact) mass is 310 g/mol. The van der Waals surface area contributed by atoms with E-state index >= 15 is 0 Å². The third-order valence-corrected chi connectivity index (χ3v) is 4.17. The topological polar surface area (TPSA) is 32.3 Å². The molecule has 2 rings (SSSR count). The van der Waals surface area contributed by atoms with E-state index in [-0.39, 0.29) is 11.9 Å². The molecule has 1 heterocycles. The highest BCUT2D eigenvalue weighted by Gasteiger charge is 2.37. The number of benzene rings is 1. The zero-order valence-corrected chi connectivity index (χ0v) is 12.6. The maximum absolute atomic E-state index is 12.2. The Bertz CT molecular complexity index is 461. The van der Waals surface area contributed by atoms with Gasteiger partial charge in [-0.3, -0.25) is 4.79 Å². The van der Waals surface area contributed by atoms with E-state index in [1.165, 1.54) is 0 Å². The summed E-state index contributed by atoms with van der Waals surface area (Å²) in [6.07, 6.45) is 0.636. The number of aryl methyl sites for hydroxylation is 1. The van der Waals surface area contributed by atoms with Crippen molar-refractivity contribution in [2.24, 2.45) is 5.92 Å². The van der Waals surface area contributed by atoms with Gasteiger partial charge in [0.25, 0.3) is 0 Å². The molecule has 18 heavy (non-hydrogen) atoms. The highest BCUT2D eigenvalue weighted by Crippen LogP contribution is 2.33. The maximum atomic E-state index is 12.2. The highest BCUT2D eigenvalue weighted by atomic mass is 79.9. The van der Waals surface area contributed by atoms with Gasteiger partial charge < -0.3 is 10.2 Å². The average Bonchev–Trinajstić information content (AvgIpc) is 2.56. The van der Waals surface area contributed by atoms with Crippen LogP contribution in [0, 0.1) is 12.8 Å². The Hall–Kier alpha value is -0.870. The van der Waals surface area contributed by atoms with Crippen LogP contribution in [-0.2, 0) is 4.79 Å². The lowest BCUT2D eigenvalue weighted by atomic mass is 10.0. The molecule has 2 atom stereocenters. The number of anilines is 1. The molecule has 1 aromatic rings. The molecule has 1 amide bonds. The van der Waals surface area contributed by atoms with E-state index in [0.29, 0.717) is 12.3 Å². The van der Waals surface area contributed by atoms with Crippen LogP contribution in [0.3, 0.4) is 0 Å². The first-order chi connectivity index (χ1) is 8.54. The summed E-state index contributed by atoms with van der Waals surface area (Å²) < 4.78 is 1.05. The van der Waals surface area contributed by atoms with E-state index in [4.69, 9.17) is 0 Å². The van der Waals surface area contributed by atoms with Gasteiger partial charge in [0.05, 0.1) is 0 Å². The van der Waals surface area contributed by atoms with Crippen molar-refractivity contribution in [1.29, 1.82) is 0 Å². The summed E-state index contributed by atoms with van der Waals surface area (Å²) in [6, 6.07) is 6.33. The Kier molecular flexibility index (Phi) is 4.07. The number of hydrogen-bond acceptors (Lipinski definition) is 2. The molecule has 0 radical (unpaired) electrons. The van der Waals surface area contributed by atoms with Gasteiger partial charge in [-0.2, -0.15) is 0 Å². The minimum atomic E-state index is 0.230. The van der Waals surface area contributed by atoms with E-state index in [1.807, 2.05) is 31.0 Å². The van der Waals surface area contributed by atoms with Gasteiger partial charge in [0.15, 0.2) is 0 Å². The molecule has 0 bridgehead atoms. The lowest BCUT2D eigenvalue weighted by molar-refractivity contribution is -0.117. The lowest BCUT2D eigenvalue weighted by Crippen LogP contribution is -2.35. The summed E-state index contributed by atoms with van der Waals surface area (Å²) >= 11 is 3.46. The van der Waals surface area contributed by atoms with Crippen LogP contribution >= 0.6 is 15.9 Å². The van der Waals surface area contributed by atoms with Gasteiger partial charge in [-0.25, -0.2) is 0 Å². The molecule has 1 aromatic carbocycles. The third kappa shape index (κ3) is 2.45. The predicted molar refractivity (Wildman–Crippen MR) is 77.9 cm³/mol. The smallest absolute Gasteiger partial charge is 0.227 e. The molecule has 1 saturated heterocycles. The van der Waals surface area contributed by atoms with Crippen LogP contribution in [0.4, 0.5) is 5.69 Å². The molecule has 1 aliphatic heterocycles. The first-order valence-electron chi connectivity index (χ1n) is 6.27. The zero-order chi connectivity index (χ0) is 13.3. The van der Waals surface area contributed by atoms with Crippen molar-refractivity contribution in [1.82, 2.24) is 5.32 Å².